The first-order valence-electron chi connectivity index (χ1n) is 13.4. The van der Waals surface area contributed by atoms with Crippen LogP contribution in [0.5, 0.6) is 0 Å². The van der Waals surface area contributed by atoms with E-state index >= 15 is 0 Å². The molecule has 38 heavy (non-hydrogen) atoms. The average Bonchev–Trinajstić information content (AvgIpc) is 2.82. The fourth-order valence-electron chi connectivity index (χ4n) is 4.29. The second kappa shape index (κ2) is 12.9. The number of hydrogen-bond donors (Lipinski definition) is 2. The van der Waals surface area contributed by atoms with Crippen LogP contribution in [0.2, 0.25) is 0 Å². The lowest BCUT2D eigenvalue weighted by Gasteiger charge is -2.39. The van der Waals surface area contributed by atoms with Crippen molar-refractivity contribution < 1.29 is 19.1 Å². The van der Waals surface area contributed by atoms with Crippen molar-refractivity contribution in [3.05, 3.63) is 64.7 Å². The van der Waals surface area contributed by atoms with E-state index in [0.717, 1.165) is 22.4 Å². The summed E-state index contributed by atoms with van der Waals surface area (Å²) in [5.41, 5.74) is 3.66. The second-order valence-corrected chi connectivity index (χ2v) is 11.4. The Kier molecular flexibility index (Phi) is 10.5. The van der Waals surface area contributed by atoms with Gasteiger partial charge >= 0.3 is 6.09 Å². The van der Waals surface area contributed by atoms with Crippen molar-refractivity contribution in [2.45, 2.75) is 99.4 Å². The van der Waals surface area contributed by atoms with E-state index < -0.39 is 23.8 Å². The van der Waals surface area contributed by atoms with Crippen molar-refractivity contribution in [1.82, 2.24) is 10.2 Å². The van der Waals surface area contributed by atoms with Gasteiger partial charge in [-0.1, -0.05) is 68.8 Å². The Labute approximate surface area is 228 Å². The normalized spacial score (nSPS) is 13.9. The van der Waals surface area contributed by atoms with E-state index in [2.05, 4.69) is 10.6 Å². The number of carbonyl (C=O) groups is 3. The van der Waals surface area contributed by atoms with Crippen molar-refractivity contribution in [3.8, 4) is 0 Å². The average molecular weight is 524 g/mol. The molecule has 7 heteroatoms. The van der Waals surface area contributed by atoms with Gasteiger partial charge in [0.1, 0.15) is 17.7 Å². The molecule has 2 aromatic rings. The monoisotopic (exact) mass is 523 g/mol. The van der Waals surface area contributed by atoms with Crippen LogP contribution in [-0.2, 0) is 14.3 Å². The van der Waals surface area contributed by atoms with Crippen LogP contribution in [0.15, 0.2) is 42.5 Å². The number of rotatable bonds is 9. The van der Waals surface area contributed by atoms with Gasteiger partial charge in [-0.2, -0.15) is 0 Å². The third-order valence-corrected chi connectivity index (χ3v) is 6.57. The Morgan fingerprint density at radius 1 is 0.921 bits per heavy atom. The minimum atomic E-state index is -0.904. The molecule has 0 heterocycles. The lowest BCUT2D eigenvalue weighted by atomic mass is 9.96. The van der Waals surface area contributed by atoms with Crippen molar-refractivity contribution in [2.75, 3.05) is 5.32 Å². The number of benzene rings is 2. The highest BCUT2D eigenvalue weighted by Gasteiger charge is 2.39. The quantitative estimate of drug-likeness (QED) is 0.394. The first-order valence-corrected chi connectivity index (χ1v) is 13.4. The van der Waals surface area contributed by atoms with Gasteiger partial charge < -0.3 is 20.3 Å². The SMILES string of the molecule is CCC(C)N(C(=O)C(NC(=O)OC(C)(C)C)C(C)C)C(C(=O)Nc1c(C)cccc1C)c1ccc(C)cc1. The van der Waals surface area contributed by atoms with Crippen LogP contribution >= 0.6 is 0 Å². The number of nitrogens with one attached hydrogen (secondary N) is 2. The number of para-hydroxylation sites is 1. The van der Waals surface area contributed by atoms with Crippen LogP contribution < -0.4 is 10.6 Å². The Morgan fingerprint density at radius 2 is 1.47 bits per heavy atom. The van der Waals surface area contributed by atoms with E-state index in [0.29, 0.717) is 12.0 Å². The summed E-state index contributed by atoms with van der Waals surface area (Å²) in [5, 5.41) is 5.87. The van der Waals surface area contributed by atoms with E-state index in [1.54, 1.807) is 25.7 Å². The first-order chi connectivity index (χ1) is 17.7. The van der Waals surface area contributed by atoms with Crippen molar-refractivity contribution in [1.29, 1.82) is 0 Å². The number of amides is 3. The van der Waals surface area contributed by atoms with E-state index in [1.807, 2.05) is 90.9 Å². The molecule has 0 aliphatic heterocycles. The molecule has 0 aromatic heterocycles. The van der Waals surface area contributed by atoms with E-state index in [9.17, 15) is 14.4 Å². The molecule has 3 amide bonds. The van der Waals surface area contributed by atoms with Gasteiger partial charge in [0.15, 0.2) is 0 Å². The summed E-state index contributed by atoms with van der Waals surface area (Å²) in [6, 6.07) is 11.4. The summed E-state index contributed by atoms with van der Waals surface area (Å²) in [6.45, 7) is 18.8. The van der Waals surface area contributed by atoms with Crippen molar-refractivity contribution in [3.63, 3.8) is 0 Å². The smallest absolute Gasteiger partial charge is 0.408 e. The second-order valence-electron chi connectivity index (χ2n) is 11.4. The molecule has 0 saturated carbocycles. The van der Waals surface area contributed by atoms with Gasteiger partial charge in [0.05, 0.1) is 0 Å². The zero-order valence-corrected chi connectivity index (χ0v) is 24.6. The summed E-state index contributed by atoms with van der Waals surface area (Å²) in [6.07, 6.45) is -0.0392. The van der Waals surface area contributed by atoms with E-state index in [-0.39, 0.29) is 23.8 Å². The number of nitrogens with zero attached hydrogens (tertiary/aromatic N) is 1. The first kappa shape index (κ1) is 30.9. The van der Waals surface area contributed by atoms with Gasteiger partial charge in [0.25, 0.3) is 5.91 Å². The molecular formula is C31H45N3O4. The molecule has 0 fully saturated rings. The molecule has 3 atom stereocenters. The van der Waals surface area contributed by atoms with Crippen molar-refractivity contribution in [2.24, 2.45) is 5.92 Å². The maximum absolute atomic E-state index is 14.2. The number of carbonyl (C=O) groups excluding carboxylic acids is 3. The van der Waals surface area contributed by atoms with Crippen LogP contribution in [0.3, 0.4) is 0 Å². The summed E-state index contributed by atoms with van der Waals surface area (Å²) in [5.74, 6) is -0.871. The summed E-state index contributed by atoms with van der Waals surface area (Å²) >= 11 is 0. The van der Waals surface area contributed by atoms with Gasteiger partial charge in [0, 0.05) is 11.7 Å². The third-order valence-electron chi connectivity index (χ3n) is 6.57. The molecule has 2 N–H and O–H groups in total. The zero-order chi connectivity index (χ0) is 28.8. The molecule has 0 radical (unpaired) electrons. The topological polar surface area (TPSA) is 87.7 Å². The predicted molar refractivity (Wildman–Crippen MR) is 153 cm³/mol. The fraction of sp³-hybridized carbons (Fsp3) is 0.516. The molecule has 0 spiro atoms. The molecule has 2 aromatic carbocycles. The fourth-order valence-corrected chi connectivity index (χ4v) is 4.29. The number of anilines is 1. The molecule has 0 bridgehead atoms. The number of hydrogen-bond acceptors (Lipinski definition) is 4. The highest BCUT2D eigenvalue weighted by molar-refractivity contribution is 6.00. The number of ether oxygens (including phenoxy) is 1. The Bertz CT molecular complexity index is 1100. The van der Waals surface area contributed by atoms with E-state index in [1.165, 1.54) is 0 Å². The van der Waals surface area contributed by atoms with Gasteiger partial charge in [0.2, 0.25) is 5.91 Å². The zero-order valence-electron chi connectivity index (χ0n) is 24.6. The molecule has 3 unspecified atom stereocenters. The minimum Gasteiger partial charge on any atom is -0.444 e. The molecule has 208 valence electrons. The maximum atomic E-state index is 14.2. The summed E-state index contributed by atoms with van der Waals surface area (Å²) in [4.78, 5) is 42.6. The standard InChI is InChI=1S/C31H45N3O4/c1-11-23(7)34(29(36)25(19(2)3)33-30(37)38-31(8,9)10)27(24-17-15-20(4)16-18-24)28(35)32-26-21(5)13-12-14-22(26)6/h12-19,23,25,27H,11H2,1-10H3,(H,32,35)(H,33,37). The number of aryl methyl sites for hydroxylation is 3. The van der Waals surface area contributed by atoms with Gasteiger partial charge in [-0.3, -0.25) is 9.59 Å². The van der Waals surface area contributed by atoms with Gasteiger partial charge in [-0.15, -0.1) is 0 Å². The Hall–Kier alpha value is -3.35. The Morgan fingerprint density at radius 3 is 1.95 bits per heavy atom. The highest BCUT2D eigenvalue weighted by Crippen LogP contribution is 2.30. The maximum Gasteiger partial charge on any atom is 0.408 e. The lowest BCUT2D eigenvalue weighted by molar-refractivity contribution is -0.144. The highest BCUT2D eigenvalue weighted by atomic mass is 16.6. The minimum absolute atomic E-state index is 0.234. The molecule has 7 nitrogen and oxygen atoms in total. The molecule has 0 aliphatic carbocycles. The third kappa shape index (κ3) is 8.07. The largest absolute Gasteiger partial charge is 0.444 e. The molecule has 0 saturated heterocycles. The van der Waals surface area contributed by atoms with Crippen molar-refractivity contribution >= 4 is 23.6 Å². The van der Waals surface area contributed by atoms with Crippen LogP contribution in [0.4, 0.5) is 10.5 Å². The van der Waals surface area contributed by atoms with Crippen LogP contribution in [-0.4, -0.2) is 40.5 Å². The van der Waals surface area contributed by atoms with Crippen LogP contribution in [0.1, 0.15) is 83.2 Å². The molecule has 0 aliphatic rings. The summed E-state index contributed by atoms with van der Waals surface area (Å²) in [7, 11) is 0. The lowest BCUT2D eigenvalue weighted by Crippen LogP contribution is -2.56. The molecular weight excluding hydrogens is 478 g/mol. The van der Waals surface area contributed by atoms with Gasteiger partial charge in [-0.05, 0) is 77.5 Å². The van der Waals surface area contributed by atoms with Crippen LogP contribution in [0.25, 0.3) is 0 Å². The van der Waals surface area contributed by atoms with E-state index in [4.69, 9.17) is 4.74 Å². The molecule has 2 rings (SSSR count). The number of alkyl carbamates (subject to hydrolysis) is 1. The van der Waals surface area contributed by atoms with Gasteiger partial charge in [-0.25, -0.2) is 4.79 Å². The van der Waals surface area contributed by atoms with Crippen LogP contribution in [0, 0.1) is 26.7 Å². The Balaban J connectivity index is 2.59. The predicted octanol–water partition coefficient (Wildman–Crippen LogP) is 6.47. The summed E-state index contributed by atoms with van der Waals surface area (Å²) < 4.78 is 5.45.